The Kier molecular flexibility index (Phi) is 6.01. The Bertz CT molecular complexity index is 527. The summed E-state index contributed by atoms with van der Waals surface area (Å²) in [6, 6.07) is 2.54. The molecule has 1 saturated heterocycles. The zero-order valence-corrected chi connectivity index (χ0v) is 14.4. The second-order valence-electron chi connectivity index (χ2n) is 6.12. The molecule has 0 aliphatic carbocycles. The smallest absolute Gasteiger partial charge is 0.409 e. The molecular formula is C16H27N5O2. The lowest BCUT2D eigenvalue weighted by Gasteiger charge is -2.31. The fourth-order valence-electron chi connectivity index (χ4n) is 2.61. The molecule has 0 spiro atoms. The molecule has 7 nitrogen and oxygen atoms in total. The monoisotopic (exact) mass is 321 g/mol. The molecule has 1 fully saturated rings. The number of carbonyl (C=O) groups is 1. The van der Waals surface area contributed by atoms with Crippen molar-refractivity contribution in [3.63, 3.8) is 0 Å². The molecule has 1 amide bonds. The van der Waals surface area contributed by atoms with Crippen molar-refractivity contribution in [2.45, 2.75) is 52.6 Å². The number of amides is 1. The highest BCUT2D eigenvalue weighted by Crippen LogP contribution is 2.17. The van der Waals surface area contributed by atoms with Gasteiger partial charge in [-0.25, -0.2) is 9.78 Å². The summed E-state index contributed by atoms with van der Waals surface area (Å²) in [4.78, 5) is 22.4. The maximum Gasteiger partial charge on any atom is 0.409 e. The zero-order chi connectivity index (χ0) is 16.8. The molecule has 0 aromatic carbocycles. The number of aryl methyl sites for hydroxylation is 1. The Morgan fingerprint density at radius 2 is 2.09 bits per heavy atom. The third-order valence-electron chi connectivity index (χ3n) is 3.64. The molecule has 0 atom stereocenters. The topological polar surface area (TPSA) is 79.4 Å². The zero-order valence-electron chi connectivity index (χ0n) is 14.4. The number of ether oxygens (including phenoxy) is 1. The van der Waals surface area contributed by atoms with Gasteiger partial charge < -0.3 is 20.3 Å². The Morgan fingerprint density at radius 3 is 2.70 bits per heavy atom. The highest BCUT2D eigenvalue weighted by molar-refractivity contribution is 5.67. The number of hydrogen-bond donors (Lipinski definition) is 2. The molecule has 2 rings (SSSR count). The molecule has 7 heteroatoms. The van der Waals surface area contributed by atoms with Gasteiger partial charge in [-0.05, 0) is 40.5 Å². The first-order chi connectivity index (χ1) is 11.0. The number of anilines is 2. The van der Waals surface area contributed by atoms with Gasteiger partial charge in [-0.1, -0.05) is 0 Å². The maximum absolute atomic E-state index is 11.7. The molecule has 0 unspecified atom stereocenters. The van der Waals surface area contributed by atoms with E-state index >= 15 is 0 Å². The van der Waals surface area contributed by atoms with E-state index < -0.39 is 0 Å². The number of aromatic nitrogens is 2. The lowest BCUT2D eigenvalue weighted by Crippen LogP contribution is -2.42. The third kappa shape index (κ3) is 5.26. The van der Waals surface area contributed by atoms with Crippen LogP contribution in [0.1, 0.15) is 39.3 Å². The van der Waals surface area contributed by atoms with Crippen LogP contribution in [0.3, 0.4) is 0 Å². The minimum atomic E-state index is -0.221. The predicted octanol–water partition coefficient (Wildman–Crippen LogP) is 2.64. The van der Waals surface area contributed by atoms with E-state index in [1.807, 2.05) is 19.9 Å². The number of likely N-dealkylation sites (tertiary alicyclic amines) is 1. The normalized spacial score (nSPS) is 15.6. The second-order valence-corrected chi connectivity index (χ2v) is 6.12. The van der Waals surface area contributed by atoms with Crippen molar-refractivity contribution in [2.24, 2.45) is 0 Å². The van der Waals surface area contributed by atoms with Crippen LogP contribution < -0.4 is 10.6 Å². The summed E-state index contributed by atoms with van der Waals surface area (Å²) in [7, 11) is 0. The van der Waals surface area contributed by atoms with E-state index in [1.165, 1.54) is 0 Å². The third-order valence-corrected chi connectivity index (χ3v) is 3.64. The number of rotatable bonds is 5. The van der Waals surface area contributed by atoms with Crippen LogP contribution in [0.2, 0.25) is 0 Å². The van der Waals surface area contributed by atoms with Crippen molar-refractivity contribution in [3.8, 4) is 0 Å². The molecule has 1 aliphatic heterocycles. The fraction of sp³-hybridized carbons (Fsp3) is 0.688. The van der Waals surface area contributed by atoms with Gasteiger partial charge in [-0.2, -0.15) is 4.98 Å². The van der Waals surface area contributed by atoms with Crippen LogP contribution in [0.25, 0.3) is 0 Å². The molecule has 0 radical (unpaired) electrons. The van der Waals surface area contributed by atoms with Gasteiger partial charge in [0.1, 0.15) is 5.82 Å². The predicted molar refractivity (Wildman–Crippen MR) is 90.8 cm³/mol. The summed E-state index contributed by atoms with van der Waals surface area (Å²) < 4.78 is 5.04. The van der Waals surface area contributed by atoms with Crippen LogP contribution >= 0.6 is 0 Å². The van der Waals surface area contributed by atoms with Crippen molar-refractivity contribution in [1.29, 1.82) is 0 Å². The van der Waals surface area contributed by atoms with Gasteiger partial charge >= 0.3 is 6.09 Å². The molecule has 128 valence electrons. The van der Waals surface area contributed by atoms with Crippen LogP contribution in [-0.4, -0.2) is 52.7 Å². The van der Waals surface area contributed by atoms with E-state index in [1.54, 1.807) is 4.90 Å². The van der Waals surface area contributed by atoms with Crippen molar-refractivity contribution >= 4 is 17.9 Å². The average Bonchev–Trinajstić information content (AvgIpc) is 2.46. The van der Waals surface area contributed by atoms with E-state index in [0.29, 0.717) is 31.7 Å². The summed E-state index contributed by atoms with van der Waals surface area (Å²) in [5.41, 5.74) is 0.926. The highest BCUT2D eigenvalue weighted by atomic mass is 16.6. The number of hydrogen-bond acceptors (Lipinski definition) is 6. The summed E-state index contributed by atoms with van der Waals surface area (Å²) in [6.07, 6.45) is 1.51. The first kappa shape index (κ1) is 17.3. The second kappa shape index (κ2) is 7.99. The summed E-state index contributed by atoms with van der Waals surface area (Å²) in [5, 5.41) is 6.68. The lowest BCUT2D eigenvalue weighted by atomic mass is 10.1. The van der Waals surface area contributed by atoms with Crippen molar-refractivity contribution in [2.75, 3.05) is 30.3 Å². The molecule has 2 N–H and O–H groups in total. The minimum Gasteiger partial charge on any atom is -0.450 e. The van der Waals surface area contributed by atoms with Crippen LogP contribution in [0.5, 0.6) is 0 Å². The lowest BCUT2D eigenvalue weighted by molar-refractivity contribution is 0.0983. The molecule has 0 bridgehead atoms. The minimum absolute atomic E-state index is 0.221. The average molecular weight is 321 g/mol. The number of nitrogens with zero attached hydrogens (tertiary/aromatic N) is 3. The van der Waals surface area contributed by atoms with Crippen LogP contribution in [0.4, 0.5) is 16.6 Å². The standard InChI is InChI=1S/C16H27N5O2/c1-5-23-16(22)21-8-6-13(7-9-21)19-15-18-12(4)10-14(20-15)17-11(2)3/h10-11,13H,5-9H2,1-4H3,(H2,17,18,19,20). The highest BCUT2D eigenvalue weighted by Gasteiger charge is 2.24. The Hall–Kier alpha value is -2.05. The van der Waals surface area contributed by atoms with Gasteiger partial charge in [0.15, 0.2) is 0 Å². The Labute approximate surface area is 137 Å². The van der Waals surface area contributed by atoms with E-state index in [4.69, 9.17) is 4.74 Å². The van der Waals surface area contributed by atoms with Crippen LogP contribution in [0.15, 0.2) is 6.07 Å². The summed E-state index contributed by atoms with van der Waals surface area (Å²) in [5.74, 6) is 1.47. The molecule has 1 aromatic rings. The van der Waals surface area contributed by atoms with E-state index in [9.17, 15) is 4.79 Å². The molecule has 0 saturated carbocycles. The Morgan fingerprint density at radius 1 is 1.39 bits per heavy atom. The van der Waals surface area contributed by atoms with Gasteiger partial charge in [0.05, 0.1) is 6.61 Å². The van der Waals surface area contributed by atoms with Crippen molar-refractivity contribution in [3.05, 3.63) is 11.8 Å². The fourth-order valence-corrected chi connectivity index (χ4v) is 2.61. The van der Waals surface area contributed by atoms with Gasteiger partial charge in [-0.15, -0.1) is 0 Å². The van der Waals surface area contributed by atoms with E-state index in [0.717, 1.165) is 24.4 Å². The molecule has 1 aromatic heterocycles. The number of nitrogens with one attached hydrogen (secondary N) is 2. The number of piperidine rings is 1. The summed E-state index contributed by atoms with van der Waals surface area (Å²) >= 11 is 0. The maximum atomic E-state index is 11.7. The largest absolute Gasteiger partial charge is 0.450 e. The Balaban J connectivity index is 1.91. The van der Waals surface area contributed by atoms with E-state index in [-0.39, 0.29) is 12.1 Å². The van der Waals surface area contributed by atoms with Gasteiger partial charge in [0, 0.05) is 36.9 Å². The first-order valence-corrected chi connectivity index (χ1v) is 8.28. The molecular weight excluding hydrogens is 294 g/mol. The van der Waals surface area contributed by atoms with Gasteiger partial charge in [-0.3, -0.25) is 0 Å². The molecule has 2 heterocycles. The van der Waals surface area contributed by atoms with Crippen LogP contribution in [-0.2, 0) is 4.74 Å². The first-order valence-electron chi connectivity index (χ1n) is 8.28. The van der Waals surface area contributed by atoms with Crippen molar-refractivity contribution in [1.82, 2.24) is 14.9 Å². The summed E-state index contributed by atoms with van der Waals surface area (Å²) in [6.45, 7) is 9.75. The van der Waals surface area contributed by atoms with Crippen molar-refractivity contribution < 1.29 is 9.53 Å². The van der Waals surface area contributed by atoms with E-state index in [2.05, 4.69) is 34.4 Å². The number of carbonyl (C=O) groups excluding carboxylic acids is 1. The van der Waals surface area contributed by atoms with Gasteiger partial charge in [0.25, 0.3) is 0 Å². The molecule has 23 heavy (non-hydrogen) atoms. The molecule has 1 aliphatic rings. The van der Waals surface area contributed by atoms with Gasteiger partial charge in [0.2, 0.25) is 5.95 Å². The quantitative estimate of drug-likeness (QED) is 0.868. The van der Waals surface area contributed by atoms with Crippen LogP contribution in [0, 0.1) is 6.92 Å². The SMILES string of the molecule is CCOC(=O)N1CCC(Nc2nc(C)cc(NC(C)C)n2)CC1.